The van der Waals surface area contributed by atoms with Crippen molar-refractivity contribution >= 4 is 40.8 Å². The summed E-state index contributed by atoms with van der Waals surface area (Å²) in [6, 6.07) is 9.96. The van der Waals surface area contributed by atoms with E-state index in [4.69, 9.17) is 9.97 Å². The average Bonchev–Trinajstić information content (AvgIpc) is 3.18. The summed E-state index contributed by atoms with van der Waals surface area (Å²) >= 11 is 1.47. The Morgan fingerprint density at radius 1 is 1.09 bits per heavy atom. The Morgan fingerprint density at radius 3 is 2.47 bits per heavy atom. The molecule has 0 bridgehead atoms. The largest absolute Gasteiger partial charge is 0.367 e. The van der Waals surface area contributed by atoms with Gasteiger partial charge in [-0.2, -0.15) is 5.10 Å². The Balaban J connectivity index is 1.60. The van der Waals surface area contributed by atoms with E-state index in [0.29, 0.717) is 17.0 Å². The number of amides is 1. The van der Waals surface area contributed by atoms with E-state index in [2.05, 4.69) is 31.5 Å². The predicted octanol–water partition coefficient (Wildman–Crippen LogP) is 3.83. The Morgan fingerprint density at radius 2 is 1.81 bits per heavy atom. The van der Waals surface area contributed by atoms with Crippen LogP contribution in [0, 0.1) is 13.8 Å². The standard InChI is InChI=1S/C22H28N8OS/c1-13-12-19(30-29-13)26-21-14(2)20(25-17-8-10-23-11-9-17)27-22(28-21)32-18-6-4-16(5-7-18)24-15(3)31/h4-7,12,17,23H,8-11H2,1-3H3,(H,24,31)(H3,25,26,27,28,29,30). The van der Waals surface area contributed by atoms with Gasteiger partial charge in [0.2, 0.25) is 5.91 Å². The van der Waals surface area contributed by atoms with Gasteiger partial charge in [0.25, 0.3) is 0 Å². The zero-order valence-electron chi connectivity index (χ0n) is 18.5. The van der Waals surface area contributed by atoms with Gasteiger partial charge >= 0.3 is 0 Å². The molecule has 1 aliphatic rings. The summed E-state index contributed by atoms with van der Waals surface area (Å²) in [4.78, 5) is 21.8. The molecule has 3 aromatic rings. The molecule has 5 N–H and O–H groups in total. The Hall–Kier alpha value is -3.11. The van der Waals surface area contributed by atoms with Gasteiger partial charge in [0.15, 0.2) is 11.0 Å². The quantitative estimate of drug-likeness (QED) is 0.343. The molecular formula is C22H28N8OS. The molecule has 32 heavy (non-hydrogen) atoms. The van der Waals surface area contributed by atoms with E-state index in [1.807, 2.05) is 44.2 Å². The van der Waals surface area contributed by atoms with Crippen LogP contribution < -0.4 is 21.3 Å². The molecule has 0 saturated carbocycles. The molecule has 0 atom stereocenters. The lowest BCUT2D eigenvalue weighted by atomic mass is 10.1. The zero-order chi connectivity index (χ0) is 22.5. The summed E-state index contributed by atoms with van der Waals surface area (Å²) in [6.45, 7) is 7.47. The first-order valence-electron chi connectivity index (χ1n) is 10.7. The van der Waals surface area contributed by atoms with Crippen LogP contribution in [-0.4, -0.2) is 45.2 Å². The minimum Gasteiger partial charge on any atom is -0.367 e. The number of anilines is 4. The van der Waals surface area contributed by atoms with Crippen molar-refractivity contribution < 1.29 is 4.79 Å². The van der Waals surface area contributed by atoms with Gasteiger partial charge in [-0.1, -0.05) is 0 Å². The maximum absolute atomic E-state index is 11.2. The summed E-state index contributed by atoms with van der Waals surface area (Å²) in [5.41, 5.74) is 2.69. The number of hydrogen-bond acceptors (Lipinski definition) is 8. The van der Waals surface area contributed by atoms with E-state index in [0.717, 1.165) is 59.4 Å². The number of rotatable bonds is 7. The summed E-state index contributed by atoms with van der Waals surface area (Å²) in [6.07, 6.45) is 2.11. The van der Waals surface area contributed by atoms with Crippen LogP contribution in [0.5, 0.6) is 0 Å². The summed E-state index contributed by atoms with van der Waals surface area (Å²) in [5, 5.41) is 21.0. The number of carbonyl (C=O) groups excluding carboxylic acids is 1. The minimum atomic E-state index is -0.0924. The lowest BCUT2D eigenvalue weighted by Crippen LogP contribution is -2.35. The first kappa shape index (κ1) is 22.1. The van der Waals surface area contributed by atoms with E-state index in [1.165, 1.54) is 18.7 Å². The molecule has 2 aromatic heterocycles. The number of aromatic nitrogens is 4. The molecule has 0 unspecified atom stereocenters. The van der Waals surface area contributed by atoms with Crippen molar-refractivity contribution in [3.63, 3.8) is 0 Å². The Kier molecular flexibility index (Phi) is 6.91. The second kappa shape index (κ2) is 10.0. The van der Waals surface area contributed by atoms with Gasteiger partial charge < -0.3 is 21.3 Å². The maximum atomic E-state index is 11.2. The van der Waals surface area contributed by atoms with Crippen molar-refractivity contribution in [2.45, 2.75) is 49.7 Å². The molecule has 10 heteroatoms. The highest BCUT2D eigenvalue weighted by molar-refractivity contribution is 7.99. The van der Waals surface area contributed by atoms with Gasteiger partial charge in [-0.05, 0) is 75.8 Å². The molecule has 3 heterocycles. The predicted molar refractivity (Wildman–Crippen MR) is 128 cm³/mol. The molecule has 0 radical (unpaired) electrons. The van der Waals surface area contributed by atoms with Gasteiger partial charge in [0.1, 0.15) is 11.6 Å². The topological polar surface area (TPSA) is 120 Å². The fourth-order valence-electron chi connectivity index (χ4n) is 3.48. The molecule has 1 aromatic carbocycles. The molecule has 4 rings (SSSR count). The van der Waals surface area contributed by atoms with E-state index >= 15 is 0 Å². The molecule has 9 nitrogen and oxygen atoms in total. The third kappa shape index (κ3) is 5.77. The van der Waals surface area contributed by atoms with Crippen molar-refractivity contribution in [3.05, 3.63) is 41.6 Å². The highest BCUT2D eigenvalue weighted by Crippen LogP contribution is 2.32. The molecule has 0 spiro atoms. The number of carbonyl (C=O) groups is 1. The molecule has 1 aliphatic heterocycles. The van der Waals surface area contributed by atoms with Crippen LogP contribution in [-0.2, 0) is 4.79 Å². The second-order valence-corrected chi connectivity index (χ2v) is 8.91. The van der Waals surface area contributed by atoms with E-state index < -0.39 is 0 Å². The monoisotopic (exact) mass is 452 g/mol. The molecular weight excluding hydrogens is 424 g/mol. The molecule has 1 amide bonds. The summed E-state index contributed by atoms with van der Waals surface area (Å²) in [5.74, 6) is 2.18. The van der Waals surface area contributed by atoms with Gasteiger partial charge in [-0.3, -0.25) is 9.89 Å². The number of aromatic amines is 1. The highest BCUT2D eigenvalue weighted by Gasteiger charge is 2.18. The second-order valence-electron chi connectivity index (χ2n) is 7.87. The Bertz CT molecular complexity index is 1080. The van der Waals surface area contributed by atoms with E-state index in [-0.39, 0.29) is 5.91 Å². The van der Waals surface area contributed by atoms with Crippen molar-refractivity contribution in [2.75, 3.05) is 29.0 Å². The van der Waals surface area contributed by atoms with E-state index in [1.54, 1.807) is 0 Å². The van der Waals surface area contributed by atoms with Crippen LogP contribution in [0.15, 0.2) is 40.4 Å². The van der Waals surface area contributed by atoms with Crippen molar-refractivity contribution in [3.8, 4) is 0 Å². The van der Waals surface area contributed by atoms with Crippen LogP contribution >= 0.6 is 11.8 Å². The molecule has 0 aliphatic carbocycles. The molecule has 1 saturated heterocycles. The van der Waals surface area contributed by atoms with Gasteiger partial charge in [0.05, 0.1) is 0 Å². The summed E-state index contributed by atoms with van der Waals surface area (Å²) in [7, 11) is 0. The smallest absolute Gasteiger partial charge is 0.221 e. The van der Waals surface area contributed by atoms with Crippen molar-refractivity contribution in [1.29, 1.82) is 0 Å². The number of benzene rings is 1. The van der Waals surface area contributed by atoms with E-state index in [9.17, 15) is 4.79 Å². The third-order valence-corrected chi connectivity index (χ3v) is 6.01. The fraction of sp³-hybridized carbons (Fsp3) is 0.364. The first-order chi connectivity index (χ1) is 15.5. The number of hydrogen-bond donors (Lipinski definition) is 5. The normalized spacial score (nSPS) is 14.2. The van der Waals surface area contributed by atoms with Gasteiger partial charge in [-0.25, -0.2) is 9.97 Å². The van der Waals surface area contributed by atoms with Gasteiger partial charge in [0, 0.05) is 40.9 Å². The SMILES string of the molecule is CC(=O)Nc1ccc(Sc2nc(Nc3cc(C)[nH]n3)c(C)c(NC3CCNCC3)n2)cc1. The van der Waals surface area contributed by atoms with Crippen LogP contribution in [0.4, 0.5) is 23.1 Å². The maximum Gasteiger partial charge on any atom is 0.221 e. The van der Waals surface area contributed by atoms with Gasteiger partial charge in [-0.15, -0.1) is 0 Å². The van der Waals surface area contributed by atoms with Crippen molar-refractivity contribution in [1.82, 2.24) is 25.5 Å². The van der Waals surface area contributed by atoms with Crippen LogP contribution in [0.1, 0.15) is 31.0 Å². The molecule has 1 fully saturated rings. The van der Waals surface area contributed by atoms with Crippen LogP contribution in [0.3, 0.4) is 0 Å². The minimum absolute atomic E-state index is 0.0924. The Labute approximate surface area is 191 Å². The van der Waals surface area contributed by atoms with Crippen LogP contribution in [0.2, 0.25) is 0 Å². The highest BCUT2D eigenvalue weighted by atomic mass is 32.2. The number of nitrogens with one attached hydrogen (secondary N) is 5. The number of nitrogens with zero attached hydrogens (tertiary/aromatic N) is 3. The van der Waals surface area contributed by atoms with Crippen molar-refractivity contribution in [2.24, 2.45) is 0 Å². The third-order valence-electron chi connectivity index (χ3n) is 5.14. The fourth-order valence-corrected chi connectivity index (χ4v) is 4.24. The number of H-pyrrole nitrogens is 1. The summed E-state index contributed by atoms with van der Waals surface area (Å²) < 4.78 is 0. The lowest BCUT2D eigenvalue weighted by molar-refractivity contribution is -0.114. The average molecular weight is 453 g/mol. The number of aryl methyl sites for hydroxylation is 1. The zero-order valence-corrected chi connectivity index (χ0v) is 19.3. The lowest BCUT2D eigenvalue weighted by Gasteiger charge is -2.25. The first-order valence-corrected chi connectivity index (χ1v) is 11.5. The molecule has 168 valence electrons. The number of piperidine rings is 1. The van der Waals surface area contributed by atoms with Crippen LogP contribution in [0.25, 0.3) is 0 Å².